The van der Waals surface area contributed by atoms with Gasteiger partial charge in [-0.2, -0.15) is 0 Å². The van der Waals surface area contributed by atoms with Crippen LogP contribution in [0.1, 0.15) is 27.7 Å². The van der Waals surface area contributed by atoms with Crippen LogP contribution < -0.4 is 5.30 Å². The van der Waals surface area contributed by atoms with E-state index in [1.807, 2.05) is 82.3 Å². The second-order valence-electron chi connectivity index (χ2n) is 4.79. The Labute approximate surface area is 159 Å². The smallest absolute Gasteiger partial charge is 0.336 e. The largest absolute Gasteiger partial charge is 0.478 e. The van der Waals surface area contributed by atoms with E-state index in [-0.39, 0.29) is 5.57 Å². The summed E-state index contributed by atoms with van der Waals surface area (Å²) < 4.78 is 0. The highest BCUT2D eigenvalue weighted by Gasteiger charge is 2.24. The molecule has 0 aliphatic heterocycles. The Morgan fingerprint density at radius 1 is 1.08 bits per heavy atom. The number of hydrogen-bond acceptors (Lipinski definition) is 1. The van der Waals surface area contributed by atoms with E-state index in [0.717, 1.165) is 15.9 Å². The molecule has 0 aliphatic rings. The molecule has 0 amide bonds. The first-order valence-electron chi connectivity index (χ1n) is 8.64. The average Bonchev–Trinajstić information content (AvgIpc) is 2.68. The van der Waals surface area contributed by atoms with Crippen molar-refractivity contribution in [3.05, 3.63) is 102 Å². The van der Waals surface area contributed by atoms with Gasteiger partial charge >= 0.3 is 5.97 Å². The Kier molecular flexibility index (Phi) is 12.5. The van der Waals surface area contributed by atoms with E-state index in [0.29, 0.717) is 0 Å². The molecule has 0 spiro atoms. The van der Waals surface area contributed by atoms with Crippen molar-refractivity contribution in [3.8, 4) is 0 Å². The van der Waals surface area contributed by atoms with Crippen LogP contribution in [0.2, 0.25) is 0 Å². The lowest BCUT2D eigenvalue weighted by atomic mass is 10.2. The number of aliphatic carboxylic acids is 1. The number of carboxylic acid groups (broad SMARTS) is 1. The number of hydrogen-bond donors (Lipinski definition) is 1. The Balaban J connectivity index is 0.00000301. The van der Waals surface area contributed by atoms with Gasteiger partial charge in [0.05, 0.1) is 5.57 Å². The van der Waals surface area contributed by atoms with Crippen LogP contribution in [0.4, 0.5) is 0 Å². The Bertz CT molecular complexity index is 707. The minimum absolute atomic E-state index is 0.260. The maximum atomic E-state index is 11.7. The molecule has 1 atom stereocenters. The van der Waals surface area contributed by atoms with Gasteiger partial charge in [0.15, 0.2) is 0 Å². The van der Waals surface area contributed by atoms with E-state index >= 15 is 0 Å². The molecule has 1 N–H and O–H groups in total. The molecule has 0 radical (unpaired) electrons. The van der Waals surface area contributed by atoms with E-state index in [2.05, 4.69) is 13.2 Å². The van der Waals surface area contributed by atoms with Crippen molar-refractivity contribution in [2.45, 2.75) is 27.7 Å². The molecule has 138 valence electrons. The van der Waals surface area contributed by atoms with Gasteiger partial charge in [-0.05, 0) is 43.8 Å². The van der Waals surface area contributed by atoms with E-state index in [1.165, 1.54) is 6.08 Å². The van der Waals surface area contributed by atoms with Gasteiger partial charge < -0.3 is 5.11 Å². The van der Waals surface area contributed by atoms with Gasteiger partial charge in [-0.3, -0.25) is 0 Å². The third-order valence-corrected chi connectivity index (χ3v) is 5.89. The van der Waals surface area contributed by atoms with Gasteiger partial charge in [0.1, 0.15) is 0 Å². The minimum atomic E-state index is -1.02. The lowest BCUT2D eigenvalue weighted by Gasteiger charge is -2.23. The van der Waals surface area contributed by atoms with Crippen molar-refractivity contribution >= 4 is 19.2 Å². The predicted octanol–water partition coefficient (Wildman–Crippen LogP) is 6.57. The minimum Gasteiger partial charge on any atom is -0.478 e. The van der Waals surface area contributed by atoms with Crippen LogP contribution in [0.15, 0.2) is 102 Å². The highest BCUT2D eigenvalue weighted by molar-refractivity contribution is 7.74. The van der Waals surface area contributed by atoms with Gasteiger partial charge in [-0.25, -0.2) is 4.79 Å². The standard InChI is InChI=1S/C21H23O2P.C2H6/c1-5-9-14-17(7-3)24(18-15-11-10-12-16-18)20(8-4)19(13-6-2)21(22)23;1-2/h5-16H,2-3H2,1,4H3,(H,22,23);1-2H3/b9-5-,17-14+,19-13+,20-8+;. The van der Waals surface area contributed by atoms with Crippen LogP contribution in [0.25, 0.3) is 0 Å². The molecular formula is C23H29O2P. The number of rotatable bonds is 8. The van der Waals surface area contributed by atoms with Crippen LogP contribution in [0.3, 0.4) is 0 Å². The summed E-state index contributed by atoms with van der Waals surface area (Å²) in [6.07, 6.45) is 12.6. The van der Waals surface area contributed by atoms with Gasteiger partial charge in [-0.15, -0.1) is 0 Å². The zero-order valence-corrected chi connectivity index (χ0v) is 17.0. The summed E-state index contributed by atoms with van der Waals surface area (Å²) in [5, 5.41) is 12.5. The summed E-state index contributed by atoms with van der Waals surface area (Å²) in [5.41, 5.74) is 0.260. The molecule has 0 bridgehead atoms. The number of allylic oxidation sites excluding steroid dienone is 8. The highest BCUT2D eigenvalue weighted by atomic mass is 31.1. The lowest BCUT2D eigenvalue weighted by Crippen LogP contribution is -2.09. The normalized spacial score (nSPS) is 13.6. The van der Waals surface area contributed by atoms with E-state index in [4.69, 9.17) is 0 Å². The third-order valence-electron chi connectivity index (χ3n) is 3.25. The number of carbonyl (C=O) groups is 1. The molecular weight excluding hydrogens is 339 g/mol. The molecule has 3 heteroatoms. The van der Waals surface area contributed by atoms with Crippen molar-refractivity contribution in [1.29, 1.82) is 0 Å². The van der Waals surface area contributed by atoms with Gasteiger partial charge in [0.2, 0.25) is 0 Å². The number of benzene rings is 1. The third kappa shape index (κ3) is 6.82. The zero-order valence-electron chi connectivity index (χ0n) is 16.1. The van der Waals surface area contributed by atoms with Crippen LogP contribution in [0.5, 0.6) is 0 Å². The molecule has 0 saturated carbocycles. The maximum absolute atomic E-state index is 11.7. The van der Waals surface area contributed by atoms with Crippen molar-refractivity contribution in [1.82, 2.24) is 0 Å². The first-order chi connectivity index (χ1) is 12.6. The zero-order chi connectivity index (χ0) is 19.9. The van der Waals surface area contributed by atoms with Crippen LogP contribution in [0, 0.1) is 0 Å². The Hall–Kier alpha value is -2.44. The summed E-state index contributed by atoms with van der Waals surface area (Å²) in [5.74, 6) is -0.958. The van der Waals surface area contributed by atoms with E-state index in [1.54, 1.807) is 12.2 Å². The fraction of sp³-hybridized carbons (Fsp3) is 0.174. The SMILES string of the molecule is C=C/C=C(C(=O)O)\C(=C/C)P(/C(C=C)=C/C=C\C)c1ccccc1.CC. The molecule has 0 fully saturated rings. The van der Waals surface area contributed by atoms with Crippen molar-refractivity contribution < 1.29 is 9.90 Å². The summed E-state index contributed by atoms with van der Waals surface area (Å²) >= 11 is 0. The van der Waals surface area contributed by atoms with E-state index < -0.39 is 13.9 Å². The first-order valence-corrected chi connectivity index (χ1v) is 9.98. The average molecular weight is 368 g/mol. The summed E-state index contributed by atoms with van der Waals surface area (Å²) in [4.78, 5) is 11.7. The van der Waals surface area contributed by atoms with Gasteiger partial charge in [0, 0.05) is 0 Å². The Morgan fingerprint density at radius 3 is 2.12 bits per heavy atom. The topological polar surface area (TPSA) is 37.3 Å². The van der Waals surface area contributed by atoms with Crippen LogP contribution in [-0.2, 0) is 4.79 Å². The van der Waals surface area contributed by atoms with Crippen molar-refractivity contribution in [3.63, 3.8) is 0 Å². The second kappa shape index (κ2) is 13.8. The summed E-state index contributed by atoms with van der Waals surface area (Å²) in [6, 6.07) is 9.93. The second-order valence-corrected chi connectivity index (χ2v) is 6.97. The molecule has 1 aromatic carbocycles. The lowest BCUT2D eigenvalue weighted by molar-refractivity contribution is -0.132. The Morgan fingerprint density at radius 2 is 1.69 bits per heavy atom. The predicted molar refractivity (Wildman–Crippen MR) is 117 cm³/mol. The van der Waals surface area contributed by atoms with Crippen molar-refractivity contribution in [2.24, 2.45) is 0 Å². The van der Waals surface area contributed by atoms with E-state index in [9.17, 15) is 9.90 Å². The summed E-state index contributed by atoms with van der Waals surface area (Å²) in [6.45, 7) is 15.4. The maximum Gasteiger partial charge on any atom is 0.336 e. The highest BCUT2D eigenvalue weighted by Crippen LogP contribution is 2.54. The molecule has 1 rings (SSSR count). The molecule has 0 saturated heterocycles. The van der Waals surface area contributed by atoms with Crippen molar-refractivity contribution in [2.75, 3.05) is 0 Å². The van der Waals surface area contributed by atoms with Gasteiger partial charge in [0.25, 0.3) is 0 Å². The molecule has 1 aromatic rings. The first kappa shape index (κ1) is 23.6. The van der Waals surface area contributed by atoms with Crippen LogP contribution in [-0.4, -0.2) is 11.1 Å². The fourth-order valence-corrected chi connectivity index (χ4v) is 4.63. The monoisotopic (exact) mass is 368 g/mol. The van der Waals surface area contributed by atoms with Crippen LogP contribution >= 0.6 is 7.92 Å². The molecule has 0 aliphatic carbocycles. The molecule has 0 aromatic heterocycles. The fourth-order valence-electron chi connectivity index (χ4n) is 2.22. The molecule has 0 heterocycles. The molecule has 2 nitrogen and oxygen atoms in total. The number of carboxylic acids is 1. The molecule has 26 heavy (non-hydrogen) atoms. The molecule has 1 unspecified atom stereocenters. The summed E-state index contributed by atoms with van der Waals surface area (Å²) in [7, 11) is -1.02. The van der Waals surface area contributed by atoms with Gasteiger partial charge in [-0.1, -0.05) is 93.8 Å². The quantitative estimate of drug-likeness (QED) is 0.320.